The molecule has 0 aliphatic rings. The average molecular weight is 318 g/mol. The molecule has 0 fully saturated rings. The van der Waals surface area contributed by atoms with E-state index in [1.165, 1.54) is 18.9 Å². The SMILES string of the molecule is COc1ccc(Cl)cc1NC(=O)CSC(C)CC(=O)O. The molecular weight excluding hydrogens is 302 g/mol. The number of methoxy groups -OCH3 is 1. The van der Waals surface area contributed by atoms with Gasteiger partial charge in [-0.2, -0.15) is 0 Å². The summed E-state index contributed by atoms with van der Waals surface area (Å²) in [5, 5.41) is 11.7. The summed E-state index contributed by atoms with van der Waals surface area (Å²) in [5.41, 5.74) is 0.497. The van der Waals surface area contributed by atoms with Crippen molar-refractivity contribution in [3.8, 4) is 5.75 Å². The highest BCUT2D eigenvalue weighted by Gasteiger charge is 2.12. The molecule has 5 nitrogen and oxygen atoms in total. The summed E-state index contributed by atoms with van der Waals surface area (Å²) in [6.45, 7) is 1.77. The first-order chi connectivity index (χ1) is 9.42. The predicted molar refractivity (Wildman–Crippen MR) is 80.8 cm³/mol. The Labute approximate surface area is 126 Å². The number of carboxylic acids is 1. The van der Waals surface area contributed by atoms with Crippen LogP contribution in [0, 0.1) is 0 Å². The average Bonchev–Trinajstić information content (AvgIpc) is 2.36. The Morgan fingerprint density at radius 2 is 2.20 bits per heavy atom. The van der Waals surface area contributed by atoms with Gasteiger partial charge in [-0.15, -0.1) is 11.8 Å². The molecule has 1 atom stereocenters. The molecule has 0 radical (unpaired) electrons. The first-order valence-corrected chi connectivity index (χ1v) is 7.32. The minimum Gasteiger partial charge on any atom is -0.495 e. The van der Waals surface area contributed by atoms with Gasteiger partial charge in [0.1, 0.15) is 5.75 Å². The second-order valence-corrected chi connectivity index (χ2v) is 5.98. The summed E-state index contributed by atoms with van der Waals surface area (Å²) in [6, 6.07) is 4.93. The van der Waals surface area contributed by atoms with Crippen LogP contribution in [-0.4, -0.2) is 35.1 Å². The van der Waals surface area contributed by atoms with Crippen LogP contribution in [0.5, 0.6) is 5.75 Å². The highest BCUT2D eigenvalue weighted by atomic mass is 35.5. The lowest BCUT2D eigenvalue weighted by Gasteiger charge is -2.12. The number of aliphatic carboxylic acids is 1. The van der Waals surface area contributed by atoms with Gasteiger partial charge in [0.05, 0.1) is 25.0 Å². The number of amides is 1. The highest BCUT2D eigenvalue weighted by Crippen LogP contribution is 2.28. The third-order valence-electron chi connectivity index (χ3n) is 2.40. The summed E-state index contributed by atoms with van der Waals surface area (Å²) in [5.74, 6) is -0.412. The maximum absolute atomic E-state index is 11.8. The summed E-state index contributed by atoms with van der Waals surface area (Å²) in [6.07, 6.45) is 0.0262. The first kappa shape index (κ1) is 16.7. The quantitative estimate of drug-likeness (QED) is 0.808. The second kappa shape index (κ2) is 8.01. The molecule has 0 saturated heterocycles. The van der Waals surface area contributed by atoms with Gasteiger partial charge in [-0.25, -0.2) is 0 Å². The molecule has 0 spiro atoms. The number of rotatable bonds is 7. The summed E-state index contributed by atoms with van der Waals surface area (Å²) in [4.78, 5) is 22.3. The fraction of sp³-hybridized carbons (Fsp3) is 0.385. The number of nitrogens with one attached hydrogen (secondary N) is 1. The fourth-order valence-electron chi connectivity index (χ4n) is 1.49. The van der Waals surface area contributed by atoms with Crippen LogP contribution in [0.1, 0.15) is 13.3 Å². The molecule has 1 rings (SSSR count). The van der Waals surface area contributed by atoms with E-state index in [0.29, 0.717) is 16.5 Å². The van der Waals surface area contributed by atoms with Gasteiger partial charge in [-0.1, -0.05) is 18.5 Å². The number of thioether (sulfide) groups is 1. The van der Waals surface area contributed by atoms with E-state index in [0.717, 1.165) is 0 Å². The number of benzene rings is 1. The zero-order valence-corrected chi connectivity index (χ0v) is 12.8. The summed E-state index contributed by atoms with van der Waals surface area (Å²) < 4.78 is 5.12. The van der Waals surface area contributed by atoms with Gasteiger partial charge in [-0.3, -0.25) is 9.59 Å². The molecule has 1 aromatic carbocycles. The Hall–Kier alpha value is -1.40. The van der Waals surface area contributed by atoms with Gasteiger partial charge in [0.15, 0.2) is 0 Å². The molecule has 0 aliphatic heterocycles. The van der Waals surface area contributed by atoms with Crippen LogP contribution in [0.15, 0.2) is 18.2 Å². The maximum atomic E-state index is 11.8. The number of ether oxygens (including phenoxy) is 1. The molecular formula is C13H16ClNO4S. The van der Waals surface area contributed by atoms with Crippen LogP contribution in [0.3, 0.4) is 0 Å². The van der Waals surface area contributed by atoms with E-state index in [4.69, 9.17) is 21.4 Å². The van der Waals surface area contributed by atoms with Crippen LogP contribution in [-0.2, 0) is 9.59 Å². The molecule has 0 aliphatic carbocycles. The van der Waals surface area contributed by atoms with Gasteiger partial charge < -0.3 is 15.2 Å². The highest BCUT2D eigenvalue weighted by molar-refractivity contribution is 8.00. The van der Waals surface area contributed by atoms with Crippen molar-refractivity contribution in [2.45, 2.75) is 18.6 Å². The van der Waals surface area contributed by atoms with Gasteiger partial charge in [0.2, 0.25) is 5.91 Å². The lowest BCUT2D eigenvalue weighted by Crippen LogP contribution is -2.17. The van der Waals surface area contributed by atoms with Crippen LogP contribution in [0.4, 0.5) is 5.69 Å². The smallest absolute Gasteiger partial charge is 0.304 e. The van der Waals surface area contributed by atoms with Crippen molar-refractivity contribution >= 4 is 40.9 Å². The van der Waals surface area contributed by atoms with E-state index in [1.807, 2.05) is 0 Å². The van der Waals surface area contributed by atoms with Crippen LogP contribution < -0.4 is 10.1 Å². The van der Waals surface area contributed by atoms with E-state index in [1.54, 1.807) is 25.1 Å². The normalized spacial score (nSPS) is 11.8. The van der Waals surface area contributed by atoms with Crippen molar-refractivity contribution in [1.82, 2.24) is 0 Å². The van der Waals surface area contributed by atoms with Gasteiger partial charge in [-0.05, 0) is 18.2 Å². The molecule has 2 N–H and O–H groups in total. The molecule has 1 unspecified atom stereocenters. The van der Waals surface area contributed by atoms with Crippen molar-refractivity contribution < 1.29 is 19.4 Å². The summed E-state index contributed by atoms with van der Waals surface area (Å²) >= 11 is 7.15. The van der Waals surface area contributed by atoms with Gasteiger partial charge in [0, 0.05) is 10.3 Å². The molecule has 1 aromatic rings. The number of hydrogen-bond donors (Lipinski definition) is 2. The number of carbonyl (C=O) groups is 2. The molecule has 110 valence electrons. The number of halogens is 1. The molecule has 20 heavy (non-hydrogen) atoms. The standard InChI is InChI=1S/C13H16ClNO4S/c1-8(5-13(17)18)20-7-12(16)15-10-6-9(14)3-4-11(10)19-2/h3-4,6,8H,5,7H2,1-2H3,(H,15,16)(H,17,18). The Morgan fingerprint density at radius 1 is 1.50 bits per heavy atom. The largest absolute Gasteiger partial charge is 0.495 e. The molecule has 0 aromatic heterocycles. The van der Waals surface area contributed by atoms with E-state index < -0.39 is 5.97 Å². The zero-order valence-electron chi connectivity index (χ0n) is 11.2. The maximum Gasteiger partial charge on any atom is 0.304 e. The number of hydrogen-bond acceptors (Lipinski definition) is 4. The Bertz CT molecular complexity index is 495. The van der Waals surface area contributed by atoms with Crippen molar-refractivity contribution in [2.75, 3.05) is 18.2 Å². The van der Waals surface area contributed by atoms with E-state index >= 15 is 0 Å². The first-order valence-electron chi connectivity index (χ1n) is 5.89. The van der Waals surface area contributed by atoms with E-state index in [2.05, 4.69) is 5.32 Å². The lowest BCUT2D eigenvalue weighted by molar-refractivity contribution is -0.136. The van der Waals surface area contributed by atoms with Crippen LogP contribution >= 0.6 is 23.4 Å². The molecule has 1 amide bonds. The number of carbonyl (C=O) groups excluding carboxylic acids is 1. The van der Waals surface area contributed by atoms with Crippen molar-refractivity contribution in [3.05, 3.63) is 23.2 Å². The number of carboxylic acid groups (broad SMARTS) is 1. The molecule has 0 bridgehead atoms. The van der Waals surface area contributed by atoms with Crippen molar-refractivity contribution in [3.63, 3.8) is 0 Å². The molecule has 7 heteroatoms. The predicted octanol–water partition coefficient (Wildman–Crippen LogP) is 2.88. The molecule has 0 heterocycles. The van der Waals surface area contributed by atoms with Crippen LogP contribution in [0.25, 0.3) is 0 Å². The number of anilines is 1. The third kappa shape index (κ3) is 5.71. The minimum absolute atomic E-state index is 0.0262. The Morgan fingerprint density at radius 3 is 2.80 bits per heavy atom. The van der Waals surface area contributed by atoms with E-state index in [9.17, 15) is 9.59 Å². The van der Waals surface area contributed by atoms with Gasteiger partial charge >= 0.3 is 5.97 Å². The van der Waals surface area contributed by atoms with E-state index in [-0.39, 0.29) is 23.3 Å². The topological polar surface area (TPSA) is 75.6 Å². The fourth-order valence-corrected chi connectivity index (χ4v) is 2.43. The Balaban J connectivity index is 2.54. The monoisotopic (exact) mass is 317 g/mol. The minimum atomic E-state index is -0.873. The van der Waals surface area contributed by atoms with Crippen LogP contribution in [0.2, 0.25) is 5.02 Å². The third-order valence-corrected chi connectivity index (χ3v) is 3.80. The zero-order chi connectivity index (χ0) is 15.1. The Kier molecular flexibility index (Phi) is 6.67. The lowest BCUT2D eigenvalue weighted by atomic mass is 10.3. The molecule has 0 saturated carbocycles. The van der Waals surface area contributed by atoms with Crippen molar-refractivity contribution in [1.29, 1.82) is 0 Å². The van der Waals surface area contributed by atoms with Crippen molar-refractivity contribution in [2.24, 2.45) is 0 Å². The second-order valence-electron chi connectivity index (χ2n) is 4.11. The van der Waals surface area contributed by atoms with Gasteiger partial charge in [0.25, 0.3) is 0 Å². The summed E-state index contributed by atoms with van der Waals surface area (Å²) in [7, 11) is 1.50.